The molecule has 100 valence electrons. The lowest BCUT2D eigenvalue weighted by Gasteiger charge is -2.17. The summed E-state index contributed by atoms with van der Waals surface area (Å²) in [4.78, 5) is 15.8. The SMILES string of the molecule is CCOC(=O)c1ncsc1NC(CC)CC1CC1. The van der Waals surface area contributed by atoms with Gasteiger partial charge in [0, 0.05) is 6.04 Å². The normalized spacial score (nSPS) is 16.3. The van der Waals surface area contributed by atoms with Gasteiger partial charge in [0.2, 0.25) is 0 Å². The minimum absolute atomic E-state index is 0.331. The lowest BCUT2D eigenvalue weighted by atomic mass is 10.1. The monoisotopic (exact) mass is 268 g/mol. The molecule has 1 unspecified atom stereocenters. The summed E-state index contributed by atoms with van der Waals surface area (Å²) >= 11 is 1.47. The molecule has 0 saturated heterocycles. The Kier molecular flexibility index (Phi) is 4.58. The zero-order chi connectivity index (χ0) is 13.0. The molecule has 18 heavy (non-hydrogen) atoms. The van der Waals surface area contributed by atoms with Gasteiger partial charge in [-0.1, -0.05) is 19.8 Å². The first-order valence-electron chi connectivity index (χ1n) is 6.61. The van der Waals surface area contributed by atoms with E-state index in [-0.39, 0.29) is 5.97 Å². The fourth-order valence-electron chi connectivity index (χ4n) is 1.96. The summed E-state index contributed by atoms with van der Waals surface area (Å²) in [7, 11) is 0. The number of rotatable bonds is 7. The summed E-state index contributed by atoms with van der Waals surface area (Å²) in [5.74, 6) is 0.545. The summed E-state index contributed by atoms with van der Waals surface area (Å²) in [5.41, 5.74) is 2.12. The van der Waals surface area contributed by atoms with Crippen molar-refractivity contribution in [2.75, 3.05) is 11.9 Å². The Morgan fingerprint density at radius 1 is 1.61 bits per heavy atom. The van der Waals surface area contributed by atoms with Crippen LogP contribution in [0.4, 0.5) is 5.00 Å². The van der Waals surface area contributed by atoms with Crippen LogP contribution in [0.5, 0.6) is 0 Å². The quantitative estimate of drug-likeness (QED) is 0.771. The van der Waals surface area contributed by atoms with Crippen LogP contribution < -0.4 is 5.32 Å². The van der Waals surface area contributed by atoms with E-state index in [0.717, 1.165) is 17.3 Å². The summed E-state index contributed by atoms with van der Waals surface area (Å²) in [6.07, 6.45) is 4.96. The molecule has 1 heterocycles. The lowest BCUT2D eigenvalue weighted by Crippen LogP contribution is -2.20. The second-order valence-electron chi connectivity index (χ2n) is 4.68. The highest BCUT2D eigenvalue weighted by atomic mass is 32.1. The molecule has 1 aromatic rings. The number of thiazole rings is 1. The summed E-state index contributed by atoms with van der Waals surface area (Å²) in [6.45, 7) is 4.36. The third kappa shape index (κ3) is 3.45. The maximum atomic E-state index is 11.7. The van der Waals surface area contributed by atoms with Crippen molar-refractivity contribution >= 4 is 22.3 Å². The minimum Gasteiger partial charge on any atom is -0.461 e. The number of anilines is 1. The van der Waals surface area contributed by atoms with Crippen LogP contribution in [0.15, 0.2) is 5.51 Å². The minimum atomic E-state index is -0.331. The Labute approximate surface area is 112 Å². The van der Waals surface area contributed by atoms with Crippen molar-refractivity contribution in [3.8, 4) is 0 Å². The molecule has 1 atom stereocenters. The van der Waals surface area contributed by atoms with E-state index in [2.05, 4.69) is 17.2 Å². The molecule has 1 N–H and O–H groups in total. The average molecular weight is 268 g/mol. The number of hydrogen-bond acceptors (Lipinski definition) is 5. The van der Waals surface area contributed by atoms with Gasteiger partial charge >= 0.3 is 5.97 Å². The van der Waals surface area contributed by atoms with Crippen LogP contribution in [0.2, 0.25) is 0 Å². The van der Waals surface area contributed by atoms with E-state index < -0.39 is 0 Å². The zero-order valence-electron chi connectivity index (χ0n) is 10.9. The van der Waals surface area contributed by atoms with Crippen LogP contribution in [0.3, 0.4) is 0 Å². The molecule has 0 radical (unpaired) electrons. The van der Waals surface area contributed by atoms with Crippen molar-refractivity contribution in [1.29, 1.82) is 0 Å². The number of carbonyl (C=O) groups is 1. The van der Waals surface area contributed by atoms with Crippen LogP contribution in [0.25, 0.3) is 0 Å². The molecule has 1 aliphatic rings. The summed E-state index contributed by atoms with van der Waals surface area (Å²) < 4.78 is 5.00. The van der Waals surface area contributed by atoms with Crippen molar-refractivity contribution in [2.24, 2.45) is 5.92 Å². The molecule has 2 rings (SSSR count). The van der Waals surface area contributed by atoms with Crippen molar-refractivity contribution in [2.45, 2.75) is 45.6 Å². The van der Waals surface area contributed by atoms with Gasteiger partial charge < -0.3 is 10.1 Å². The Morgan fingerprint density at radius 2 is 2.39 bits per heavy atom. The standard InChI is InChI=1S/C13H20N2O2S/c1-3-10(7-9-5-6-9)15-12-11(14-8-18-12)13(16)17-4-2/h8-10,15H,3-7H2,1-2H3. The van der Waals surface area contributed by atoms with Crippen molar-refractivity contribution < 1.29 is 9.53 Å². The first-order valence-corrected chi connectivity index (χ1v) is 7.49. The smallest absolute Gasteiger partial charge is 0.360 e. The number of nitrogens with one attached hydrogen (secondary N) is 1. The third-order valence-electron chi connectivity index (χ3n) is 3.18. The molecule has 0 amide bonds. The van der Waals surface area contributed by atoms with Crippen LogP contribution in [0.1, 0.15) is 50.0 Å². The zero-order valence-corrected chi connectivity index (χ0v) is 11.8. The van der Waals surface area contributed by atoms with Gasteiger partial charge in [-0.15, -0.1) is 11.3 Å². The van der Waals surface area contributed by atoms with Gasteiger partial charge in [0.25, 0.3) is 0 Å². The first-order chi connectivity index (χ1) is 8.74. The largest absolute Gasteiger partial charge is 0.461 e. The Morgan fingerprint density at radius 3 is 3.00 bits per heavy atom. The second-order valence-corrected chi connectivity index (χ2v) is 5.53. The number of aromatic nitrogens is 1. The van der Waals surface area contributed by atoms with E-state index in [4.69, 9.17) is 4.74 Å². The molecule has 0 spiro atoms. The predicted molar refractivity (Wildman–Crippen MR) is 73.1 cm³/mol. The molecule has 1 aromatic heterocycles. The first kappa shape index (κ1) is 13.3. The highest BCUT2D eigenvalue weighted by Crippen LogP contribution is 2.35. The van der Waals surface area contributed by atoms with Crippen molar-refractivity contribution in [3.05, 3.63) is 11.2 Å². The molecule has 5 heteroatoms. The van der Waals surface area contributed by atoms with Gasteiger partial charge in [-0.25, -0.2) is 9.78 Å². The maximum Gasteiger partial charge on any atom is 0.360 e. The van der Waals surface area contributed by atoms with Gasteiger partial charge in [0.1, 0.15) is 5.00 Å². The number of ether oxygens (including phenoxy) is 1. The number of nitrogens with zero attached hydrogens (tertiary/aromatic N) is 1. The summed E-state index contributed by atoms with van der Waals surface area (Å²) in [5, 5.41) is 4.29. The van der Waals surface area contributed by atoms with Crippen molar-refractivity contribution in [1.82, 2.24) is 4.98 Å². The molecule has 0 aliphatic heterocycles. The fourth-order valence-corrected chi connectivity index (χ4v) is 2.71. The van der Waals surface area contributed by atoms with Crippen LogP contribution in [-0.4, -0.2) is 23.6 Å². The number of hydrogen-bond donors (Lipinski definition) is 1. The van der Waals surface area contributed by atoms with E-state index in [1.54, 1.807) is 12.4 Å². The van der Waals surface area contributed by atoms with E-state index in [1.807, 2.05) is 0 Å². The van der Waals surface area contributed by atoms with E-state index in [1.165, 1.54) is 30.6 Å². The Hall–Kier alpha value is -1.10. The van der Waals surface area contributed by atoms with Crippen LogP contribution in [-0.2, 0) is 4.74 Å². The van der Waals surface area contributed by atoms with Gasteiger partial charge in [-0.05, 0) is 25.7 Å². The van der Waals surface area contributed by atoms with Gasteiger partial charge in [-0.2, -0.15) is 0 Å². The van der Waals surface area contributed by atoms with E-state index >= 15 is 0 Å². The topological polar surface area (TPSA) is 51.2 Å². The van der Waals surface area contributed by atoms with Gasteiger partial charge in [0.15, 0.2) is 5.69 Å². The Bertz CT molecular complexity index is 401. The van der Waals surface area contributed by atoms with Crippen LogP contribution in [0, 0.1) is 5.92 Å². The van der Waals surface area contributed by atoms with E-state index in [0.29, 0.717) is 18.3 Å². The molecule has 1 saturated carbocycles. The van der Waals surface area contributed by atoms with Gasteiger partial charge in [-0.3, -0.25) is 0 Å². The molecule has 1 aliphatic carbocycles. The lowest BCUT2D eigenvalue weighted by molar-refractivity contribution is 0.0521. The molecular weight excluding hydrogens is 248 g/mol. The second kappa shape index (κ2) is 6.18. The predicted octanol–water partition coefficient (Wildman–Crippen LogP) is 3.31. The molecule has 4 nitrogen and oxygen atoms in total. The summed E-state index contributed by atoms with van der Waals surface area (Å²) in [6, 6.07) is 0.436. The Balaban J connectivity index is 1.98. The highest BCUT2D eigenvalue weighted by molar-refractivity contribution is 7.14. The van der Waals surface area contributed by atoms with Crippen LogP contribution >= 0.6 is 11.3 Å². The maximum absolute atomic E-state index is 11.7. The molecular formula is C13H20N2O2S. The van der Waals surface area contributed by atoms with E-state index in [9.17, 15) is 4.79 Å². The molecule has 1 fully saturated rings. The average Bonchev–Trinajstić information content (AvgIpc) is 3.05. The van der Waals surface area contributed by atoms with Crippen molar-refractivity contribution in [3.63, 3.8) is 0 Å². The number of carbonyl (C=O) groups excluding carboxylic acids is 1. The highest BCUT2D eigenvalue weighted by Gasteiger charge is 2.26. The third-order valence-corrected chi connectivity index (χ3v) is 3.94. The number of esters is 1. The molecule has 0 bridgehead atoms. The van der Waals surface area contributed by atoms with Gasteiger partial charge in [0.05, 0.1) is 12.1 Å². The fraction of sp³-hybridized carbons (Fsp3) is 0.692. The molecule has 0 aromatic carbocycles.